The molecule has 106 valence electrons. The quantitative estimate of drug-likeness (QED) is 0.845. The van der Waals surface area contributed by atoms with Crippen LogP contribution in [-0.4, -0.2) is 11.1 Å². The molecule has 2 rings (SSSR count). The Labute approximate surface area is 113 Å². The number of furan rings is 1. The molecule has 0 saturated heterocycles. The van der Waals surface area contributed by atoms with Gasteiger partial charge in [-0.05, 0) is 31.2 Å². The highest BCUT2D eigenvalue weighted by Gasteiger charge is 2.41. The smallest absolute Gasteiger partial charge is 0.314 e. The monoisotopic (exact) mass is 281 g/mol. The number of carboxylic acids is 1. The van der Waals surface area contributed by atoms with E-state index in [0.717, 1.165) is 12.1 Å². The molecular weight excluding hydrogens is 268 g/mol. The van der Waals surface area contributed by atoms with E-state index in [1.54, 1.807) is 12.1 Å². The van der Waals surface area contributed by atoms with Crippen molar-refractivity contribution >= 4 is 11.7 Å². The fourth-order valence-electron chi connectivity index (χ4n) is 2.16. The number of nitrogen functional groups attached to an aromatic ring is 1. The van der Waals surface area contributed by atoms with E-state index < -0.39 is 23.0 Å². The van der Waals surface area contributed by atoms with Crippen LogP contribution in [0.5, 0.6) is 0 Å². The lowest BCUT2D eigenvalue weighted by molar-refractivity contribution is -0.143. The number of rotatable bonds is 4. The predicted octanol–water partition coefficient (Wildman–Crippen LogP) is 2.73. The number of anilines is 1. The molecule has 0 saturated carbocycles. The Bertz CT molecular complexity index is 640. The number of carbonyl (C=O) groups is 1. The average molecular weight is 281 g/mol. The number of carboxylic acid groups (broad SMARTS) is 1. The molecule has 1 aromatic carbocycles. The van der Waals surface area contributed by atoms with Gasteiger partial charge in [0.2, 0.25) is 0 Å². The molecule has 0 aliphatic carbocycles. The van der Waals surface area contributed by atoms with Crippen LogP contribution in [0, 0.1) is 11.6 Å². The van der Waals surface area contributed by atoms with Gasteiger partial charge in [0.25, 0.3) is 0 Å². The topological polar surface area (TPSA) is 76.5 Å². The van der Waals surface area contributed by atoms with Gasteiger partial charge in [0, 0.05) is 17.7 Å². The number of nitrogens with two attached hydrogens (primary N) is 1. The third-order valence-corrected chi connectivity index (χ3v) is 3.26. The summed E-state index contributed by atoms with van der Waals surface area (Å²) < 4.78 is 32.5. The number of halogens is 2. The maximum atomic E-state index is 14.0. The second-order valence-corrected chi connectivity index (χ2v) is 4.72. The molecule has 3 N–H and O–H groups in total. The van der Waals surface area contributed by atoms with Crippen LogP contribution in [0.2, 0.25) is 0 Å². The first-order chi connectivity index (χ1) is 9.36. The standard InChI is InChI=1S/C14H13F2NO3/c1-14(13(18)19,7-8-3-2-6-20-8)11-10(17)5-4-9(15)12(11)16/h2-6H,7,17H2,1H3,(H,18,19). The number of aliphatic carboxylic acids is 1. The highest BCUT2D eigenvalue weighted by Crippen LogP contribution is 2.35. The van der Waals surface area contributed by atoms with E-state index in [2.05, 4.69) is 0 Å². The van der Waals surface area contributed by atoms with Crippen LogP contribution in [0.1, 0.15) is 18.2 Å². The van der Waals surface area contributed by atoms with Crippen LogP contribution in [0.4, 0.5) is 14.5 Å². The van der Waals surface area contributed by atoms with E-state index >= 15 is 0 Å². The Morgan fingerprint density at radius 1 is 1.40 bits per heavy atom. The SMILES string of the molecule is CC(Cc1ccco1)(C(=O)O)c1c(N)ccc(F)c1F. The zero-order valence-corrected chi connectivity index (χ0v) is 10.7. The van der Waals surface area contributed by atoms with Gasteiger partial charge in [-0.2, -0.15) is 0 Å². The highest BCUT2D eigenvalue weighted by molar-refractivity contribution is 5.83. The van der Waals surface area contributed by atoms with Crippen molar-refractivity contribution in [3.63, 3.8) is 0 Å². The molecule has 6 heteroatoms. The molecule has 0 radical (unpaired) electrons. The lowest BCUT2D eigenvalue weighted by atomic mass is 9.77. The molecule has 0 fully saturated rings. The Morgan fingerprint density at radius 3 is 2.65 bits per heavy atom. The van der Waals surface area contributed by atoms with Crippen molar-refractivity contribution in [1.82, 2.24) is 0 Å². The van der Waals surface area contributed by atoms with Gasteiger partial charge >= 0.3 is 5.97 Å². The predicted molar refractivity (Wildman–Crippen MR) is 68.2 cm³/mol. The van der Waals surface area contributed by atoms with Gasteiger partial charge < -0.3 is 15.3 Å². The minimum atomic E-state index is -1.73. The lowest BCUT2D eigenvalue weighted by Gasteiger charge is -2.26. The van der Waals surface area contributed by atoms with E-state index in [-0.39, 0.29) is 17.7 Å². The number of hydrogen-bond acceptors (Lipinski definition) is 3. The van der Waals surface area contributed by atoms with Crippen molar-refractivity contribution in [2.45, 2.75) is 18.8 Å². The van der Waals surface area contributed by atoms with Crippen molar-refractivity contribution in [2.24, 2.45) is 0 Å². The molecule has 0 spiro atoms. The molecule has 0 aliphatic rings. The molecule has 0 bridgehead atoms. The van der Waals surface area contributed by atoms with Gasteiger partial charge in [-0.3, -0.25) is 4.79 Å². The van der Waals surface area contributed by atoms with Gasteiger partial charge in [0.1, 0.15) is 11.2 Å². The van der Waals surface area contributed by atoms with Gasteiger partial charge in [-0.15, -0.1) is 0 Å². The van der Waals surface area contributed by atoms with Crippen LogP contribution in [-0.2, 0) is 16.6 Å². The normalized spacial score (nSPS) is 13.9. The minimum Gasteiger partial charge on any atom is -0.481 e. The largest absolute Gasteiger partial charge is 0.481 e. The fraction of sp³-hybridized carbons (Fsp3) is 0.214. The first-order valence-electron chi connectivity index (χ1n) is 5.86. The van der Waals surface area contributed by atoms with Crippen molar-refractivity contribution in [2.75, 3.05) is 5.73 Å². The summed E-state index contributed by atoms with van der Waals surface area (Å²) in [6, 6.07) is 5.16. The van der Waals surface area contributed by atoms with Crippen molar-refractivity contribution < 1.29 is 23.1 Å². The molecule has 2 aromatic rings. The summed E-state index contributed by atoms with van der Waals surface area (Å²) in [4.78, 5) is 11.6. The minimum absolute atomic E-state index is 0.111. The molecule has 20 heavy (non-hydrogen) atoms. The highest BCUT2D eigenvalue weighted by atomic mass is 19.2. The first-order valence-corrected chi connectivity index (χ1v) is 5.86. The molecule has 1 aromatic heterocycles. The van der Waals surface area contributed by atoms with E-state index in [0.29, 0.717) is 5.76 Å². The summed E-state index contributed by atoms with van der Waals surface area (Å²) in [6.45, 7) is 1.28. The zero-order chi connectivity index (χ0) is 14.9. The first kappa shape index (κ1) is 14.0. The van der Waals surface area contributed by atoms with Crippen LogP contribution >= 0.6 is 0 Å². The van der Waals surface area contributed by atoms with Crippen LogP contribution in [0.15, 0.2) is 34.9 Å². The van der Waals surface area contributed by atoms with E-state index in [1.807, 2.05) is 0 Å². The molecule has 4 nitrogen and oxygen atoms in total. The third kappa shape index (κ3) is 2.24. The summed E-state index contributed by atoms with van der Waals surface area (Å²) in [5.74, 6) is -3.36. The van der Waals surface area contributed by atoms with Crippen molar-refractivity contribution in [3.8, 4) is 0 Å². The van der Waals surface area contributed by atoms with E-state index in [4.69, 9.17) is 10.2 Å². The number of hydrogen-bond donors (Lipinski definition) is 2. The summed E-state index contributed by atoms with van der Waals surface area (Å²) in [5, 5.41) is 9.44. The second kappa shape index (κ2) is 4.96. The van der Waals surface area contributed by atoms with Crippen LogP contribution in [0.3, 0.4) is 0 Å². The van der Waals surface area contributed by atoms with Gasteiger partial charge in [0.15, 0.2) is 11.6 Å². The van der Waals surface area contributed by atoms with Crippen LogP contribution in [0.25, 0.3) is 0 Å². The van der Waals surface area contributed by atoms with Gasteiger partial charge in [-0.1, -0.05) is 0 Å². The maximum Gasteiger partial charge on any atom is 0.314 e. The number of benzene rings is 1. The van der Waals surface area contributed by atoms with Gasteiger partial charge in [-0.25, -0.2) is 8.78 Å². The summed E-state index contributed by atoms with van der Waals surface area (Å²) in [5.41, 5.74) is 3.43. The summed E-state index contributed by atoms with van der Waals surface area (Å²) >= 11 is 0. The lowest BCUT2D eigenvalue weighted by Crippen LogP contribution is -2.36. The van der Waals surface area contributed by atoms with Gasteiger partial charge in [0.05, 0.1) is 6.26 Å². The van der Waals surface area contributed by atoms with Crippen LogP contribution < -0.4 is 5.73 Å². The Balaban J connectivity index is 2.59. The Morgan fingerprint density at radius 2 is 2.10 bits per heavy atom. The van der Waals surface area contributed by atoms with Crippen molar-refractivity contribution in [3.05, 3.63) is 53.5 Å². The third-order valence-electron chi connectivity index (χ3n) is 3.26. The molecular formula is C14H13F2NO3. The summed E-state index contributed by atoms with van der Waals surface area (Å²) in [6.07, 6.45) is 1.24. The fourth-order valence-corrected chi connectivity index (χ4v) is 2.16. The second-order valence-electron chi connectivity index (χ2n) is 4.72. The Hall–Kier alpha value is -2.37. The zero-order valence-electron chi connectivity index (χ0n) is 10.7. The molecule has 1 heterocycles. The molecule has 0 aliphatic heterocycles. The molecule has 0 amide bonds. The van der Waals surface area contributed by atoms with E-state index in [9.17, 15) is 18.7 Å². The maximum absolute atomic E-state index is 14.0. The molecule has 1 unspecified atom stereocenters. The average Bonchev–Trinajstić information content (AvgIpc) is 2.87. The van der Waals surface area contributed by atoms with E-state index in [1.165, 1.54) is 13.2 Å². The molecule has 1 atom stereocenters. The summed E-state index contributed by atoms with van der Waals surface area (Å²) in [7, 11) is 0. The van der Waals surface area contributed by atoms with Crippen molar-refractivity contribution in [1.29, 1.82) is 0 Å². The Kier molecular flexibility index (Phi) is 3.48.